The van der Waals surface area contributed by atoms with Crippen molar-refractivity contribution in [2.45, 2.75) is 38.8 Å². The first-order valence-electron chi connectivity index (χ1n) is 6.61. The molecule has 5 nitrogen and oxygen atoms in total. The van der Waals surface area contributed by atoms with Gasteiger partial charge >= 0.3 is 0 Å². The summed E-state index contributed by atoms with van der Waals surface area (Å²) in [4.78, 5) is 0. The van der Waals surface area contributed by atoms with Crippen molar-refractivity contribution < 1.29 is 9.47 Å². The number of nitrogens with one attached hydrogen (secondary N) is 1. The van der Waals surface area contributed by atoms with E-state index >= 15 is 0 Å². The van der Waals surface area contributed by atoms with Crippen molar-refractivity contribution in [3.05, 3.63) is 10.0 Å². The van der Waals surface area contributed by atoms with Gasteiger partial charge in [0.1, 0.15) is 16.1 Å². The fraction of sp³-hybridized carbons (Fsp3) is 0.833. The number of rotatable bonds is 6. The van der Waals surface area contributed by atoms with Crippen LogP contribution in [-0.4, -0.2) is 36.6 Å². The van der Waals surface area contributed by atoms with Crippen molar-refractivity contribution in [2.24, 2.45) is 0 Å². The topological polar surface area (TPSA) is 56.3 Å². The SMILES string of the molecule is CCCNC(CC)c1nnc(C2COCCO2)s1. The molecule has 102 valence electrons. The molecule has 6 heteroatoms. The van der Waals surface area contributed by atoms with E-state index in [-0.39, 0.29) is 6.10 Å². The minimum Gasteiger partial charge on any atom is -0.376 e. The van der Waals surface area contributed by atoms with E-state index in [1.807, 2.05) is 0 Å². The summed E-state index contributed by atoms with van der Waals surface area (Å²) in [6.45, 7) is 7.25. The maximum absolute atomic E-state index is 5.63. The van der Waals surface area contributed by atoms with Gasteiger partial charge in [-0.3, -0.25) is 0 Å². The van der Waals surface area contributed by atoms with Crippen molar-refractivity contribution in [2.75, 3.05) is 26.4 Å². The lowest BCUT2D eigenvalue weighted by atomic mass is 10.2. The molecule has 0 spiro atoms. The molecule has 1 aromatic heterocycles. The number of aromatic nitrogens is 2. The van der Waals surface area contributed by atoms with Gasteiger partial charge in [-0.2, -0.15) is 0 Å². The molecule has 1 N–H and O–H groups in total. The van der Waals surface area contributed by atoms with Crippen molar-refractivity contribution in [1.82, 2.24) is 15.5 Å². The van der Waals surface area contributed by atoms with E-state index in [1.54, 1.807) is 11.3 Å². The molecule has 0 aromatic carbocycles. The number of hydrogen-bond donors (Lipinski definition) is 1. The zero-order valence-electron chi connectivity index (χ0n) is 11.0. The highest BCUT2D eigenvalue weighted by Gasteiger charge is 2.23. The maximum Gasteiger partial charge on any atom is 0.148 e. The average molecular weight is 271 g/mol. The van der Waals surface area contributed by atoms with Crippen molar-refractivity contribution in [3.8, 4) is 0 Å². The zero-order chi connectivity index (χ0) is 12.8. The smallest absolute Gasteiger partial charge is 0.148 e. The average Bonchev–Trinajstić information content (AvgIpc) is 2.90. The molecular formula is C12H21N3O2S. The summed E-state index contributed by atoms with van der Waals surface area (Å²) in [6.07, 6.45) is 2.12. The van der Waals surface area contributed by atoms with Gasteiger partial charge in [0.05, 0.1) is 25.9 Å². The van der Waals surface area contributed by atoms with Crippen molar-refractivity contribution in [3.63, 3.8) is 0 Å². The standard InChI is InChI=1S/C12H21N3O2S/c1-3-5-13-9(4-2)11-14-15-12(18-11)10-8-16-6-7-17-10/h9-10,13H,3-8H2,1-2H3. The third-order valence-corrected chi connectivity index (χ3v) is 4.02. The highest BCUT2D eigenvalue weighted by Crippen LogP contribution is 2.27. The van der Waals surface area contributed by atoms with E-state index in [1.165, 1.54) is 0 Å². The summed E-state index contributed by atoms with van der Waals surface area (Å²) in [6, 6.07) is 0.306. The van der Waals surface area contributed by atoms with E-state index < -0.39 is 0 Å². The Bertz CT molecular complexity index is 353. The molecule has 2 atom stereocenters. The van der Waals surface area contributed by atoms with Gasteiger partial charge in [-0.15, -0.1) is 10.2 Å². The first kappa shape index (κ1) is 13.9. The second kappa shape index (κ2) is 7.13. The second-order valence-corrected chi connectivity index (χ2v) is 5.37. The molecule has 1 aliphatic rings. The molecule has 0 aliphatic carbocycles. The summed E-state index contributed by atoms with van der Waals surface area (Å²) in [5, 5.41) is 14.0. The van der Waals surface area contributed by atoms with Crippen LogP contribution in [0.25, 0.3) is 0 Å². The van der Waals surface area contributed by atoms with Gasteiger partial charge in [0.15, 0.2) is 0 Å². The van der Waals surface area contributed by atoms with Crippen LogP contribution in [-0.2, 0) is 9.47 Å². The highest BCUT2D eigenvalue weighted by atomic mass is 32.1. The lowest BCUT2D eigenvalue weighted by Gasteiger charge is -2.20. The third-order valence-electron chi connectivity index (χ3n) is 2.89. The van der Waals surface area contributed by atoms with Gasteiger partial charge in [0, 0.05) is 0 Å². The predicted octanol–water partition coefficient (Wildman–Crippen LogP) is 2.08. The first-order chi connectivity index (χ1) is 8.85. The fourth-order valence-corrected chi connectivity index (χ4v) is 2.91. The van der Waals surface area contributed by atoms with Gasteiger partial charge in [0.25, 0.3) is 0 Å². The maximum atomic E-state index is 5.63. The van der Waals surface area contributed by atoms with E-state index in [4.69, 9.17) is 9.47 Å². The number of nitrogens with zero attached hydrogens (tertiary/aromatic N) is 2. The molecule has 1 aromatic rings. The summed E-state index contributed by atoms with van der Waals surface area (Å²) < 4.78 is 11.0. The molecule has 0 bridgehead atoms. The summed E-state index contributed by atoms with van der Waals surface area (Å²) in [5.41, 5.74) is 0. The molecule has 1 aliphatic heterocycles. The van der Waals surface area contributed by atoms with Gasteiger partial charge in [-0.05, 0) is 19.4 Å². The monoisotopic (exact) mass is 271 g/mol. The van der Waals surface area contributed by atoms with Crippen LogP contribution < -0.4 is 5.32 Å². The van der Waals surface area contributed by atoms with Crippen LogP contribution in [0.5, 0.6) is 0 Å². The Kier molecular flexibility index (Phi) is 5.49. The van der Waals surface area contributed by atoms with E-state index in [0.29, 0.717) is 25.9 Å². The predicted molar refractivity (Wildman–Crippen MR) is 70.7 cm³/mol. The molecular weight excluding hydrogens is 250 g/mol. The van der Waals surface area contributed by atoms with Crippen LogP contribution in [0.3, 0.4) is 0 Å². The Morgan fingerprint density at radius 2 is 2.28 bits per heavy atom. The molecule has 0 saturated carbocycles. The van der Waals surface area contributed by atoms with Crippen molar-refractivity contribution in [1.29, 1.82) is 0 Å². The zero-order valence-corrected chi connectivity index (χ0v) is 11.8. The molecule has 1 fully saturated rings. The van der Waals surface area contributed by atoms with Gasteiger partial charge in [-0.25, -0.2) is 0 Å². The Balaban J connectivity index is 1.98. The number of ether oxygens (including phenoxy) is 2. The second-order valence-electron chi connectivity index (χ2n) is 4.33. The Hall–Kier alpha value is -0.560. The van der Waals surface area contributed by atoms with Gasteiger partial charge in [0.2, 0.25) is 0 Å². The minimum atomic E-state index is -0.0336. The third kappa shape index (κ3) is 3.47. The van der Waals surface area contributed by atoms with Crippen LogP contribution >= 0.6 is 11.3 Å². The normalized spacial score (nSPS) is 22.0. The molecule has 18 heavy (non-hydrogen) atoms. The van der Waals surface area contributed by atoms with Crippen molar-refractivity contribution >= 4 is 11.3 Å². The first-order valence-corrected chi connectivity index (χ1v) is 7.42. The molecule has 0 radical (unpaired) electrons. The van der Waals surface area contributed by atoms with Crippen LogP contribution in [0.4, 0.5) is 0 Å². The lowest BCUT2D eigenvalue weighted by Crippen LogP contribution is -2.21. The summed E-state index contributed by atoms with van der Waals surface area (Å²) in [7, 11) is 0. The quantitative estimate of drug-likeness (QED) is 0.858. The summed E-state index contributed by atoms with van der Waals surface area (Å²) >= 11 is 1.63. The lowest BCUT2D eigenvalue weighted by molar-refractivity contribution is -0.0903. The molecule has 1 saturated heterocycles. The molecule has 2 heterocycles. The molecule has 2 unspecified atom stereocenters. The summed E-state index contributed by atoms with van der Waals surface area (Å²) in [5.74, 6) is 0. The Morgan fingerprint density at radius 3 is 2.94 bits per heavy atom. The van der Waals surface area contributed by atoms with Gasteiger partial charge < -0.3 is 14.8 Å². The van der Waals surface area contributed by atoms with E-state index in [9.17, 15) is 0 Å². The van der Waals surface area contributed by atoms with E-state index in [2.05, 4.69) is 29.4 Å². The molecule has 2 rings (SSSR count). The van der Waals surface area contributed by atoms with Crippen LogP contribution in [0.15, 0.2) is 0 Å². The largest absolute Gasteiger partial charge is 0.376 e. The molecule has 0 amide bonds. The number of hydrogen-bond acceptors (Lipinski definition) is 6. The van der Waals surface area contributed by atoms with Crippen LogP contribution in [0.1, 0.15) is 48.9 Å². The van der Waals surface area contributed by atoms with Crippen LogP contribution in [0, 0.1) is 0 Å². The minimum absolute atomic E-state index is 0.0336. The Labute approximate surface area is 112 Å². The van der Waals surface area contributed by atoms with Gasteiger partial charge in [-0.1, -0.05) is 25.2 Å². The fourth-order valence-electron chi connectivity index (χ4n) is 1.87. The van der Waals surface area contributed by atoms with E-state index in [0.717, 1.165) is 29.4 Å². The Morgan fingerprint density at radius 1 is 1.39 bits per heavy atom. The highest BCUT2D eigenvalue weighted by molar-refractivity contribution is 7.11. The van der Waals surface area contributed by atoms with Crippen LogP contribution in [0.2, 0.25) is 0 Å².